The van der Waals surface area contributed by atoms with Gasteiger partial charge in [0, 0.05) is 6.07 Å². The van der Waals surface area contributed by atoms with Crippen LogP contribution in [-0.2, 0) is 0 Å². The molecule has 2 N–H and O–H groups in total. The zero-order chi connectivity index (χ0) is 22.7. The summed E-state index contributed by atoms with van der Waals surface area (Å²) in [6.45, 7) is 2.52. The van der Waals surface area contributed by atoms with E-state index in [0.717, 1.165) is 23.5 Å². The largest absolute Gasteiger partial charge is 0.492 e. The van der Waals surface area contributed by atoms with Crippen LogP contribution in [0.1, 0.15) is 25.6 Å². The zero-order valence-corrected chi connectivity index (χ0v) is 18.4. The van der Waals surface area contributed by atoms with Crippen molar-refractivity contribution in [2.45, 2.75) is 6.92 Å². The summed E-state index contributed by atoms with van der Waals surface area (Å²) in [5, 5.41) is 5.97. The van der Waals surface area contributed by atoms with Gasteiger partial charge in [0.2, 0.25) is 6.79 Å². The second kappa shape index (κ2) is 9.46. The second-order valence-electron chi connectivity index (χ2n) is 6.82. The minimum absolute atomic E-state index is 0.0104. The van der Waals surface area contributed by atoms with E-state index in [9.17, 15) is 14.0 Å². The molecule has 4 rings (SSSR count). The Bertz CT molecular complexity index is 1180. The van der Waals surface area contributed by atoms with Gasteiger partial charge in [0.1, 0.15) is 18.2 Å². The summed E-state index contributed by atoms with van der Waals surface area (Å²) in [7, 11) is 0. The maximum Gasteiger partial charge on any atom is 0.261 e. The van der Waals surface area contributed by atoms with E-state index in [0.29, 0.717) is 32.7 Å². The van der Waals surface area contributed by atoms with Crippen LogP contribution >= 0.6 is 22.9 Å². The SMILES string of the molecule is Cc1cc(NC(=O)c2ccc(F)cc2Cl)sc1C(=O)NCCOc1ccc2c(c1)OCO2. The molecule has 0 spiro atoms. The number of fused-ring (bicyclic) bond motifs is 1. The van der Waals surface area contributed by atoms with E-state index in [1.54, 1.807) is 31.2 Å². The Morgan fingerprint density at radius 3 is 2.75 bits per heavy atom. The van der Waals surface area contributed by atoms with Gasteiger partial charge in [-0.15, -0.1) is 11.3 Å². The number of ether oxygens (including phenoxy) is 3. The maximum absolute atomic E-state index is 13.2. The van der Waals surface area contributed by atoms with Gasteiger partial charge in [-0.2, -0.15) is 0 Å². The Balaban J connectivity index is 1.30. The number of hydrogen-bond donors (Lipinski definition) is 2. The number of halogens is 2. The molecule has 10 heteroatoms. The molecule has 3 aromatic rings. The van der Waals surface area contributed by atoms with Crippen LogP contribution in [0.25, 0.3) is 0 Å². The lowest BCUT2D eigenvalue weighted by molar-refractivity contribution is 0.0949. The summed E-state index contributed by atoms with van der Waals surface area (Å²) in [5.74, 6) is 0.614. The van der Waals surface area contributed by atoms with Crippen LogP contribution in [0.3, 0.4) is 0 Å². The van der Waals surface area contributed by atoms with Crippen LogP contribution in [0, 0.1) is 12.7 Å². The molecular formula is C22H18ClFN2O5S. The minimum Gasteiger partial charge on any atom is -0.492 e. The van der Waals surface area contributed by atoms with E-state index < -0.39 is 11.7 Å². The maximum atomic E-state index is 13.2. The Hall–Kier alpha value is -3.30. The molecular weight excluding hydrogens is 459 g/mol. The summed E-state index contributed by atoms with van der Waals surface area (Å²) >= 11 is 7.07. The van der Waals surface area contributed by atoms with Crippen molar-refractivity contribution < 1.29 is 28.2 Å². The van der Waals surface area contributed by atoms with Gasteiger partial charge in [0.15, 0.2) is 11.5 Å². The predicted octanol–water partition coefficient (Wildman–Crippen LogP) is 4.64. The molecule has 1 aliphatic rings. The van der Waals surface area contributed by atoms with Gasteiger partial charge < -0.3 is 24.8 Å². The molecule has 0 saturated carbocycles. The quantitative estimate of drug-likeness (QED) is 0.485. The number of carbonyl (C=O) groups excluding carboxylic acids is 2. The molecule has 2 heterocycles. The van der Waals surface area contributed by atoms with Gasteiger partial charge in [-0.3, -0.25) is 9.59 Å². The highest BCUT2D eigenvalue weighted by atomic mass is 35.5. The molecule has 2 amide bonds. The highest BCUT2D eigenvalue weighted by molar-refractivity contribution is 7.18. The van der Waals surface area contributed by atoms with E-state index in [1.165, 1.54) is 6.07 Å². The summed E-state index contributed by atoms with van der Waals surface area (Å²) in [6.07, 6.45) is 0. The first-order valence-corrected chi connectivity index (χ1v) is 10.8. The van der Waals surface area contributed by atoms with Crippen molar-refractivity contribution in [1.82, 2.24) is 5.32 Å². The van der Waals surface area contributed by atoms with E-state index in [-0.39, 0.29) is 36.4 Å². The predicted molar refractivity (Wildman–Crippen MR) is 119 cm³/mol. The molecule has 0 aliphatic carbocycles. The van der Waals surface area contributed by atoms with Crippen LogP contribution in [0.4, 0.5) is 9.39 Å². The number of thiophene rings is 1. The fraction of sp³-hybridized carbons (Fsp3) is 0.182. The van der Waals surface area contributed by atoms with Crippen molar-refractivity contribution >= 4 is 39.8 Å². The van der Waals surface area contributed by atoms with Gasteiger partial charge in [-0.25, -0.2) is 4.39 Å². The topological polar surface area (TPSA) is 85.9 Å². The zero-order valence-electron chi connectivity index (χ0n) is 16.9. The molecule has 2 aromatic carbocycles. The van der Waals surface area contributed by atoms with Crippen LogP contribution in [-0.4, -0.2) is 31.8 Å². The summed E-state index contributed by atoms with van der Waals surface area (Å²) < 4.78 is 29.4. The van der Waals surface area contributed by atoms with Gasteiger partial charge in [0.05, 0.1) is 27.0 Å². The first-order chi connectivity index (χ1) is 15.4. The van der Waals surface area contributed by atoms with E-state index in [2.05, 4.69) is 10.6 Å². The number of benzene rings is 2. The minimum atomic E-state index is -0.528. The third kappa shape index (κ3) is 4.95. The summed E-state index contributed by atoms with van der Waals surface area (Å²) in [6, 6.07) is 10.5. The van der Waals surface area contributed by atoms with Crippen LogP contribution in [0.5, 0.6) is 17.2 Å². The molecule has 32 heavy (non-hydrogen) atoms. The fourth-order valence-electron chi connectivity index (χ4n) is 3.00. The standard InChI is InChI=1S/C22H18ClFN2O5S/c1-12-8-19(26-21(27)15-4-2-13(24)9-16(15)23)32-20(12)22(28)25-6-7-29-14-3-5-17-18(10-14)31-11-30-17/h2-5,8-10H,6-7,11H2,1H3,(H,25,28)(H,26,27). The van der Waals surface area contributed by atoms with Crippen molar-refractivity contribution in [1.29, 1.82) is 0 Å². The highest BCUT2D eigenvalue weighted by Crippen LogP contribution is 2.35. The second-order valence-corrected chi connectivity index (χ2v) is 8.28. The van der Waals surface area contributed by atoms with Gasteiger partial charge in [-0.05, 0) is 48.9 Å². The van der Waals surface area contributed by atoms with Crippen molar-refractivity contribution in [3.63, 3.8) is 0 Å². The number of carbonyl (C=O) groups is 2. The molecule has 1 aliphatic heterocycles. The highest BCUT2D eigenvalue weighted by Gasteiger charge is 2.17. The molecule has 0 unspecified atom stereocenters. The third-order valence-corrected chi connectivity index (χ3v) is 6.00. The van der Waals surface area contributed by atoms with E-state index >= 15 is 0 Å². The van der Waals surface area contributed by atoms with E-state index in [1.807, 2.05) is 0 Å². The van der Waals surface area contributed by atoms with Crippen LogP contribution in [0.15, 0.2) is 42.5 Å². The Kier molecular flexibility index (Phi) is 6.48. The Morgan fingerprint density at radius 1 is 1.12 bits per heavy atom. The monoisotopic (exact) mass is 476 g/mol. The third-order valence-electron chi connectivity index (χ3n) is 4.54. The normalized spacial score (nSPS) is 11.8. The molecule has 166 valence electrons. The van der Waals surface area contributed by atoms with E-state index in [4.69, 9.17) is 25.8 Å². The molecule has 0 atom stereocenters. The Morgan fingerprint density at radius 2 is 1.94 bits per heavy atom. The lowest BCUT2D eigenvalue weighted by Gasteiger charge is -2.08. The van der Waals surface area contributed by atoms with Crippen LogP contribution in [0.2, 0.25) is 5.02 Å². The smallest absolute Gasteiger partial charge is 0.261 e. The van der Waals surface area contributed by atoms with Crippen molar-refractivity contribution in [3.8, 4) is 17.2 Å². The Labute approximate surface area is 192 Å². The molecule has 0 radical (unpaired) electrons. The number of nitrogens with one attached hydrogen (secondary N) is 2. The summed E-state index contributed by atoms with van der Waals surface area (Å²) in [4.78, 5) is 25.4. The number of hydrogen-bond acceptors (Lipinski definition) is 6. The number of aryl methyl sites for hydroxylation is 1. The molecule has 0 bridgehead atoms. The van der Waals surface area contributed by atoms with Gasteiger partial charge in [-0.1, -0.05) is 11.6 Å². The van der Waals surface area contributed by atoms with Crippen molar-refractivity contribution in [2.75, 3.05) is 25.3 Å². The number of amides is 2. The molecule has 0 saturated heterocycles. The average molecular weight is 477 g/mol. The van der Waals surface area contributed by atoms with Crippen LogP contribution < -0.4 is 24.8 Å². The van der Waals surface area contributed by atoms with Crippen molar-refractivity contribution in [3.05, 3.63) is 69.3 Å². The average Bonchev–Trinajstić information content (AvgIpc) is 3.36. The lowest BCUT2D eigenvalue weighted by Crippen LogP contribution is -2.27. The molecule has 0 fully saturated rings. The lowest BCUT2D eigenvalue weighted by atomic mass is 10.2. The molecule has 7 nitrogen and oxygen atoms in total. The van der Waals surface area contributed by atoms with Gasteiger partial charge >= 0.3 is 0 Å². The number of anilines is 1. The fourth-order valence-corrected chi connectivity index (χ4v) is 4.24. The first kappa shape index (κ1) is 21.9. The molecule has 1 aromatic heterocycles. The van der Waals surface area contributed by atoms with Crippen molar-refractivity contribution in [2.24, 2.45) is 0 Å². The van der Waals surface area contributed by atoms with Gasteiger partial charge in [0.25, 0.3) is 11.8 Å². The first-order valence-electron chi connectivity index (χ1n) is 9.58. The number of rotatable bonds is 7. The summed E-state index contributed by atoms with van der Waals surface area (Å²) in [5.41, 5.74) is 0.857.